The highest BCUT2D eigenvalue weighted by molar-refractivity contribution is 5.75. The van der Waals surface area contributed by atoms with E-state index in [9.17, 15) is 4.79 Å². The lowest BCUT2D eigenvalue weighted by atomic mass is 9.92. The average Bonchev–Trinajstić information content (AvgIpc) is 2.06. The van der Waals surface area contributed by atoms with Crippen molar-refractivity contribution in [2.24, 2.45) is 11.8 Å². The third-order valence-electron chi connectivity index (χ3n) is 2.91. The van der Waals surface area contributed by atoms with E-state index in [0.29, 0.717) is 11.7 Å². The van der Waals surface area contributed by atoms with Gasteiger partial charge in [-0.1, -0.05) is 13.8 Å². The Morgan fingerprint density at radius 2 is 1.93 bits per heavy atom. The third-order valence-corrected chi connectivity index (χ3v) is 2.91. The molecule has 1 aliphatic rings. The van der Waals surface area contributed by atoms with Gasteiger partial charge in [-0.2, -0.15) is 0 Å². The fraction of sp³-hybridized carbons (Fsp3) is 0.917. The van der Waals surface area contributed by atoms with Gasteiger partial charge in [0.15, 0.2) is 0 Å². The van der Waals surface area contributed by atoms with E-state index in [-0.39, 0.29) is 0 Å². The van der Waals surface area contributed by atoms with E-state index >= 15 is 0 Å². The van der Waals surface area contributed by atoms with Crippen LogP contribution in [0.2, 0.25) is 0 Å². The van der Waals surface area contributed by atoms with E-state index in [2.05, 4.69) is 18.7 Å². The van der Waals surface area contributed by atoms with Gasteiger partial charge in [-0.15, -0.1) is 0 Å². The summed E-state index contributed by atoms with van der Waals surface area (Å²) in [5, 5.41) is 0. The molecule has 0 unspecified atom stereocenters. The minimum Gasteiger partial charge on any atom is -0.303 e. The van der Waals surface area contributed by atoms with Gasteiger partial charge in [-0.25, -0.2) is 0 Å². The van der Waals surface area contributed by atoms with E-state index in [4.69, 9.17) is 0 Å². The molecule has 0 aromatic carbocycles. The molecule has 0 aromatic rings. The highest BCUT2D eigenvalue weighted by Gasteiger charge is 2.20. The maximum absolute atomic E-state index is 11.0. The van der Waals surface area contributed by atoms with Gasteiger partial charge >= 0.3 is 0 Å². The lowest BCUT2D eigenvalue weighted by Gasteiger charge is -2.32. The molecule has 0 aromatic heterocycles. The Morgan fingerprint density at radius 3 is 2.36 bits per heavy atom. The molecule has 0 N–H and O–H groups in total. The molecule has 1 heterocycles. The zero-order chi connectivity index (χ0) is 10.6. The molecule has 1 fully saturated rings. The summed E-state index contributed by atoms with van der Waals surface area (Å²) in [5.41, 5.74) is 0. The van der Waals surface area contributed by atoms with Crippen LogP contribution < -0.4 is 0 Å². The SMILES string of the molecule is CC(=O)CC1CCN(CC(C)C)CC1. The van der Waals surface area contributed by atoms with Crippen LogP contribution in [-0.2, 0) is 4.79 Å². The molecule has 2 nitrogen and oxygen atoms in total. The van der Waals surface area contributed by atoms with Crippen molar-refractivity contribution in [3.63, 3.8) is 0 Å². The molecule has 1 rings (SSSR count). The van der Waals surface area contributed by atoms with Crippen LogP contribution in [0.3, 0.4) is 0 Å². The van der Waals surface area contributed by atoms with Crippen LogP contribution >= 0.6 is 0 Å². The molecule has 0 atom stereocenters. The maximum Gasteiger partial charge on any atom is 0.130 e. The summed E-state index contributed by atoms with van der Waals surface area (Å²) in [6.45, 7) is 9.84. The van der Waals surface area contributed by atoms with E-state index < -0.39 is 0 Å². The lowest BCUT2D eigenvalue weighted by molar-refractivity contribution is -0.118. The monoisotopic (exact) mass is 197 g/mol. The number of likely N-dealkylation sites (tertiary alicyclic amines) is 1. The average molecular weight is 197 g/mol. The Morgan fingerprint density at radius 1 is 1.36 bits per heavy atom. The number of ketones is 1. The van der Waals surface area contributed by atoms with E-state index in [1.54, 1.807) is 6.92 Å². The molecule has 1 saturated heterocycles. The summed E-state index contributed by atoms with van der Waals surface area (Å²) in [6.07, 6.45) is 3.23. The van der Waals surface area contributed by atoms with Crippen LogP contribution in [0.1, 0.15) is 40.0 Å². The normalized spacial score (nSPS) is 20.3. The minimum absolute atomic E-state index is 0.354. The molecule has 0 aliphatic carbocycles. The largest absolute Gasteiger partial charge is 0.303 e. The number of carbonyl (C=O) groups is 1. The summed E-state index contributed by atoms with van der Waals surface area (Å²) in [4.78, 5) is 13.5. The smallest absolute Gasteiger partial charge is 0.130 e. The third kappa shape index (κ3) is 4.23. The van der Waals surface area contributed by atoms with Gasteiger partial charge in [0.25, 0.3) is 0 Å². The fourth-order valence-electron chi connectivity index (χ4n) is 2.30. The molecule has 0 spiro atoms. The highest BCUT2D eigenvalue weighted by Crippen LogP contribution is 2.21. The molecule has 0 bridgehead atoms. The lowest BCUT2D eigenvalue weighted by Crippen LogP contribution is -2.36. The Bertz CT molecular complexity index is 181. The van der Waals surface area contributed by atoms with Gasteiger partial charge < -0.3 is 9.69 Å². The van der Waals surface area contributed by atoms with E-state index in [1.165, 1.54) is 32.5 Å². The predicted octanol–water partition coefficient (Wildman–Crippen LogP) is 2.33. The Labute approximate surface area is 87.7 Å². The number of carbonyl (C=O) groups excluding carboxylic acids is 1. The number of Topliss-reactive ketones (excluding diaryl/α,β-unsaturated/α-hetero) is 1. The predicted molar refractivity (Wildman–Crippen MR) is 59.3 cm³/mol. The number of hydrogen-bond acceptors (Lipinski definition) is 2. The number of hydrogen-bond donors (Lipinski definition) is 0. The topological polar surface area (TPSA) is 20.3 Å². The van der Waals surface area contributed by atoms with Gasteiger partial charge in [0.1, 0.15) is 5.78 Å². The van der Waals surface area contributed by atoms with E-state index in [0.717, 1.165) is 12.3 Å². The summed E-state index contributed by atoms with van der Waals surface area (Å²) in [7, 11) is 0. The van der Waals surface area contributed by atoms with Crippen LogP contribution in [-0.4, -0.2) is 30.3 Å². The van der Waals surface area contributed by atoms with Crippen LogP contribution in [0, 0.1) is 11.8 Å². The van der Waals surface area contributed by atoms with Crippen molar-refractivity contribution >= 4 is 5.78 Å². The molecular weight excluding hydrogens is 174 g/mol. The van der Waals surface area contributed by atoms with Crippen molar-refractivity contribution < 1.29 is 4.79 Å². The number of piperidine rings is 1. The Balaban J connectivity index is 2.21. The summed E-state index contributed by atoms with van der Waals surface area (Å²) < 4.78 is 0. The van der Waals surface area contributed by atoms with Crippen LogP contribution in [0.15, 0.2) is 0 Å². The van der Waals surface area contributed by atoms with Crippen molar-refractivity contribution in [2.45, 2.75) is 40.0 Å². The molecule has 82 valence electrons. The first-order valence-corrected chi connectivity index (χ1v) is 5.79. The standard InChI is InChI=1S/C12H23NO/c1-10(2)9-13-6-4-12(5-7-13)8-11(3)14/h10,12H,4-9H2,1-3H3. The van der Waals surface area contributed by atoms with E-state index in [1.807, 2.05) is 0 Å². The first kappa shape index (κ1) is 11.7. The van der Waals surface area contributed by atoms with Crippen molar-refractivity contribution in [1.82, 2.24) is 4.90 Å². The molecule has 0 radical (unpaired) electrons. The quantitative estimate of drug-likeness (QED) is 0.689. The van der Waals surface area contributed by atoms with Crippen LogP contribution in [0.5, 0.6) is 0 Å². The van der Waals surface area contributed by atoms with Gasteiger partial charge in [-0.05, 0) is 44.7 Å². The van der Waals surface area contributed by atoms with Gasteiger partial charge in [-0.3, -0.25) is 0 Å². The molecule has 0 amide bonds. The Hall–Kier alpha value is -0.370. The minimum atomic E-state index is 0.354. The second-order valence-corrected chi connectivity index (χ2v) is 5.04. The zero-order valence-corrected chi connectivity index (χ0v) is 9.75. The molecular formula is C12H23NO. The Kier molecular flexibility index (Phi) is 4.59. The number of nitrogens with zero attached hydrogens (tertiary/aromatic N) is 1. The molecule has 14 heavy (non-hydrogen) atoms. The van der Waals surface area contributed by atoms with Crippen LogP contribution in [0.25, 0.3) is 0 Å². The zero-order valence-electron chi connectivity index (χ0n) is 9.75. The van der Waals surface area contributed by atoms with Crippen LogP contribution in [0.4, 0.5) is 0 Å². The molecule has 0 saturated carbocycles. The first-order chi connectivity index (χ1) is 6.58. The maximum atomic E-state index is 11.0. The second kappa shape index (κ2) is 5.50. The van der Waals surface area contributed by atoms with Gasteiger partial charge in [0.05, 0.1) is 0 Å². The summed E-state index contributed by atoms with van der Waals surface area (Å²) in [6, 6.07) is 0. The number of rotatable bonds is 4. The van der Waals surface area contributed by atoms with Gasteiger partial charge in [0.2, 0.25) is 0 Å². The first-order valence-electron chi connectivity index (χ1n) is 5.79. The van der Waals surface area contributed by atoms with Crippen molar-refractivity contribution in [3.05, 3.63) is 0 Å². The summed E-state index contributed by atoms with van der Waals surface area (Å²) in [5.74, 6) is 1.78. The molecule has 1 aliphatic heterocycles. The van der Waals surface area contributed by atoms with Gasteiger partial charge in [0, 0.05) is 13.0 Å². The fourth-order valence-corrected chi connectivity index (χ4v) is 2.30. The van der Waals surface area contributed by atoms with Crippen molar-refractivity contribution in [3.8, 4) is 0 Å². The molecule has 2 heteroatoms. The van der Waals surface area contributed by atoms with Crippen molar-refractivity contribution in [2.75, 3.05) is 19.6 Å². The van der Waals surface area contributed by atoms with Crippen molar-refractivity contribution in [1.29, 1.82) is 0 Å². The second-order valence-electron chi connectivity index (χ2n) is 5.04. The summed E-state index contributed by atoms with van der Waals surface area (Å²) >= 11 is 0. The highest BCUT2D eigenvalue weighted by atomic mass is 16.1.